The molecular formula is C20H26ClN5OS+2. The summed E-state index contributed by atoms with van der Waals surface area (Å²) in [5.74, 6) is 0.598. The predicted octanol–water partition coefficient (Wildman–Crippen LogP) is 0.228. The molecular weight excluding hydrogens is 394 g/mol. The van der Waals surface area contributed by atoms with Crippen LogP contribution in [-0.2, 0) is 13.0 Å². The van der Waals surface area contributed by atoms with Crippen LogP contribution in [0.5, 0.6) is 0 Å². The van der Waals surface area contributed by atoms with Gasteiger partial charge in [-0.05, 0) is 29.8 Å². The number of nitrogens with zero attached hydrogens (tertiary/aromatic N) is 2. The molecule has 0 fully saturated rings. The zero-order chi connectivity index (χ0) is 19.8. The monoisotopic (exact) mass is 419 g/mol. The Morgan fingerprint density at radius 3 is 2.79 bits per heavy atom. The fraction of sp³-hybridized carbons (Fsp3) is 0.400. The molecule has 0 radical (unpaired) electrons. The number of thiophene rings is 1. The smallest absolute Gasteiger partial charge is 0.268 e. The van der Waals surface area contributed by atoms with Crippen molar-refractivity contribution < 1.29 is 9.80 Å². The fourth-order valence-electron chi connectivity index (χ4n) is 3.63. The summed E-state index contributed by atoms with van der Waals surface area (Å²) >= 11 is 7.73. The number of hydrogen-bond donors (Lipinski definition) is 3. The Morgan fingerprint density at radius 2 is 2.07 bits per heavy atom. The second-order valence-electron chi connectivity index (χ2n) is 7.75. The fourth-order valence-corrected chi connectivity index (χ4v) is 5.08. The van der Waals surface area contributed by atoms with Crippen LogP contribution in [0, 0.1) is 0 Å². The predicted molar refractivity (Wildman–Crippen MR) is 116 cm³/mol. The molecule has 3 heterocycles. The first-order chi connectivity index (χ1) is 13.4. The van der Waals surface area contributed by atoms with Gasteiger partial charge in [-0.25, -0.2) is 9.55 Å². The van der Waals surface area contributed by atoms with E-state index in [-0.39, 0.29) is 5.56 Å². The largest absolute Gasteiger partial charge is 0.350 e. The summed E-state index contributed by atoms with van der Waals surface area (Å²) in [6, 6.07) is 7.36. The van der Waals surface area contributed by atoms with E-state index in [0.717, 1.165) is 48.5 Å². The zero-order valence-electron chi connectivity index (χ0n) is 16.4. The molecule has 0 bridgehead atoms. The number of benzene rings is 1. The van der Waals surface area contributed by atoms with Gasteiger partial charge in [-0.3, -0.25) is 4.79 Å². The second kappa shape index (κ2) is 7.83. The van der Waals surface area contributed by atoms with Crippen LogP contribution in [0.2, 0.25) is 5.02 Å². The molecule has 6 nitrogen and oxygen atoms in total. The third-order valence-electron chi connectivity index (χ3n) is 5.17. The molecule has 2 aromatic heterocycles. The van der Waals surface area contributed by atoms with Crippen LogP contribution in [0.1, 0.15) is 10.4 Å². The SMILES string of the molecule is C[NH+](C)CCNc1nc2sc3c(c2c(=O)n1-c1ccc(Cl)cc1)CC[NH+](C)C3. The number of anilines is 1. The maximum absolute atomic E-state index is 13.6. The Balaban J connectivity index is 1.88. The lowest BCUT2D eigenvalue weighted by Crippen LogP contribution is -3.08. The first-order valence-electron chi connectivity index (χ1n) is 9.61. The number of halogens is 1. The summed E-state index contributed by atoms with van der Waals surface area (Å²) in [6.07, 6.45) is 0.926. The molecule has 1 atom stereocenters. The van der Waals surface area contributed by atoms with E-state index in [2.05, 4.69) is 26.5 Å². The van der Waals surface area contributed by atoms with E-state index in [1.54, 1.807) is 15.9 Å². The first-order valence-corrected chi connectivity index (χ1v) is 10.8. The summed E-state index contributed by atoms with van der Waals surface area (Å²) in [5, 5.41) is 4.81. The van der Waals surface area contributed by atoms with Gasteiger partial charge in [0.25, 0.3) is 5.56 Å². The topological polar surface area (TPSA) is 55.8 Å². The summed E-state index contributed by atoms with van der Waals surface area (Å²) in [5.41, 5.74) is 1.97. The standard InChI is InChI=1S/C20H24ClN5OS/c1-24(2)11-9-22-20-23-18-17(15-8-10-25(3)12-16(15)28-18)19(27)26(20)14-6-4-13(21)5-7-14/h4-7H,8-12H2,1-3H3,(H,22,23)/p+2. The van der Waals surface area contributed by atoms with E-state index in [9.17, 15) is 4.79 Å². The van der Waals surface area contributed by atoms with E-state index < -0.39 is 0 Å². The van der Waals surface area contributed by atoms with E-state index >= 15 is 0 Å². The van der Waals surface area contributed by atoms with Crippen LogP contribution in [0.4, 0.5) is 5.95 Å². The number of fused-ring (bicyclic) bond motifs is 3. The maximum Gasteiger partial charge on any atom is 0.268 e. The number of quaternary nitrogens is 2. The summed E-state index contributed by atoms with van der Waals surface area (Å²) in [7, 11) is 6.41. The molecule has 28 heavy (non-hydrogen) atoms. The van der Waals surface area contributed by atoms with Crippen molar-refractivity contribution in [3.8, 4) is 5.69 Å². The normalized spacial score (nSPS) is 16.5. The van der Waals surface area contributed by atoms with Crippen molar-refractivity contribution in [2.45, 2.75) is 13.0 Å². The van der Waals surface area contributed by atoms with Crippen LogP contribution in [0.3, 0.4) is 0 Å². The Kier molecular flexibility index (Phi) is 5.42. The van der Waals surface area contributed by atoms with Gasteiger partial charge in [0.05, 0.1) is 56.7 Å². The number of hydrogen-bond acceptors (Lipinski definition) is 4. The molecule has 0 aliphatic carbocycles. The minimum atomic E-state index is 0.00377. The van der Waals surface area contributed by atoms with Crippen molar-refractivity contribution in [3.05, 3.63) is 50.1 Å². The van der Waals surface area contributed by atoms with Crippen molar-refractivity contribution >= 4 is 39.1 Å². The Morgan fingerprint density at radius 1 is 1.32 bits per heavy atom. The van der Waals surface area contributed by atoms with Crippen molar-refractivity contribution in [1.82, 2.24) is 9.55 Å². The molecule has 0 spiro atoms. The van der Waals surface area contributed by atoms with Crippen molar-refractivity contribution in [2.24, 2.45) is 0 Å². The minimum absolute atomic E-state index is 0.00377. The highest BCUT2D eigenvalue weighted by Gasteiger charge is 2.26. The summed E-state index contributed by atoms with van der Waals surface area (Å²) in [6.45, 7) is 3.68. The summed E-state index contributed by atoms with van der Waals surface area (Å²) < 4.78 is 1.70. The molecule has 1 aliphatic rings. The highest BCUT2D eigenvalue weighted by Crippen LogP contribution is 2.30. The van der Waals surface area contributed by atoms with Crippen LogP contribution < -0.4 is 20.7 Å². The minimum Gasteiger partial charge on any atom is -0.350 e. The van der Waals surface area contributed by atoms with Gasteiger partial charge in [0.2, 0.25) is 5.95 Å². The van der Waals surface area contributed by atoms with E-state index in [4.69, 9.17) is 16.6 Å². The van der Waals surface area contributed by atoms with Gasteiger partial charge >= 0.3 is 0 Å². The number of nitrogens with one attached hydrogen (secondary N) is 3. The van der Waals surface area contributed by atoms with Crippen LogP contribution in [0.15, 0.2) is 29.1 Å². The van der Waals surface area contributed by atoms with Crippen LogP contribution in [-0.4, -0.2) is 50.3 Å². The molecule has 1 unspecified atom stereocenters. The molecule has 0 saturated carbocycles. The quantitative estimate of drug-likeness (QED) is 0.555. The number of aromatic nitrogens is 2. The van der Waals surface area contributed by atoms with Gasteiger partial charge < -0.3 is 15.1 Å². The van der Waals surface area contributed by atoms with Crippen LogP contribution in [0.25, 0.3) is 15.9 Å². The second-order valence-corrected chi connectivity index (χ2v) is 9.27. The molecule has 148 valence electrons. The van der Waals surface area contributed by atoms with E-state index in [0.29, 0.717) is 11.0 Å². The Bertz CT molecular complexity index is 1060. The molecule has 4 rings (SSSR count). The van der Waals surface area contributed by atoms with Crippen molar-refractivity contribution in [1.29, 1.82) is 0 Å². The van der Waals surface area contributed by atoms with Gasteiger partial charge in [-0.2, -0.15) is 0 Å². The van der Waals surface area contributed by atoms with Gasteiger partial charge in [0.15, 0.2) is 0 Å². The van der Waals surface area contributed by atoms with Gasteiger partial charge in [-0.15, -0.1) is 11.3 Å². The molecule has 0 saturated heterocycles. The zero-order valence-corrected chi connectivity index (χ0v) is 18.0. The molecule has 1 aliphatic heterocycles. The molecule has 1 aromatic carbocycles. The summed E-state index contributed by atoms with van der Waals surface area (Å²) in [4.78, 5) is 23.4. The van der Waals surface area contributed by atoms with Gasteiger partial charge in [0, 0.05) is 11.4 Å². The van der Waals surface area contributed by atoms with Gasteiger partial charge in [-0.1, -0.05) is 11.6 Å². The molecule has 8 heteroatoms. The van der Waals surface area contributed by atoms with Gasteiger partial charge in [0.1, 0.15) is 11.4 Å². The number of likely N-dealkylation sites (N-methyl/N-ethyl adjacent to an activating group) is 2. The van der Waals surface area contributed by atoms with Crippen molar-refractivity contribution in [3.63, 3.8) is 0 Å². The lowest BCUT2D eigenvalue weighted by molar-refractivity contribution is -0.895. The van der Waals surface area contributed by atoms with Crippen molar-refractivity contribution in [2.75, 3.05) is 46.1 Å². The lowest BCUT2D eigenvalue weighted by Gasteiger charge is -2.19. The molecule has 3 N–H and O–H groups in total. The van der Waals surface area contributed by atoms with Crippen LogP contribution >= 0.6 is 22.9 Å². The van der Waals surface area contributed by atoms with E-state index in [1.807, 2.05) is 24.3 Å². The highest BCUT2D eigenvalue weighted by molar-refractivity contribution is 7.18. The molecule has 0 amide bonds. The third kappa shape index (κ3) is 3.67. The number of rotatable bonds is 5. The average molecular weight is 420 g/mol. The third-order valence-corrected chi connectivity index (χ3v) is 6.54. The maximum atomic E-state index is 13.6. The lowest BCUT2D eigenvalue weighted by atomic mass is 10.1. The molecule has 3 aromatic rings. The average Bonchev–Trinajstić information content (AvgIpc) is 3.00. The van der Waals surface area contributed by atoms with E-state index in [1.165, 1.54) is 20.2 Å². The Hall–Kier alpha value is -1.93. The first kappa shape index (κ1) is 19.4. The highest BCUT2D eigenvalue weighted by atomic mass is 35.5. The Labute approximate surface area is 173 Å².